The quantitative estimate of drug-likeness (QED) is 0.0401. The molecular weight excluding hydrogens is 948 g/mol. The van der Waals surface area contributed by atoms with Crippen LogP contribution in [0.15, 0.2) is 47.1 Å². The van der Waals surface area contributed by atoms with Gasteiger partial charge in [-0.25, -0.2) is 14.2 Å². The summed E-state index contributed by atoms with van der Waals surface area (Å²) in [5, 5.41) is 3.39. The highest BCUT2D eigenvalue weighted by Gasteiger charge is 2.39. The molecule has 1 N–H and O–H groups in total. The molecule has 2 rings (SSSR count). The van der Waals surface area contributed by atoms with Crippen LogP contribution in [0.4, 0.5) is 0 Å². The number of ether oxygens (including phenoxy) is 2. The predicted molar refractivity (Wildman–Crippen MR) is 283 cm³/mol. The molecule has 0 amide bonds. The second kappa shape index (κ2) is 45.8. The Morgan fingerprint density at radius 2 is 0.758 bits per heavy atom. The van der Waals surface area contributed by atoms with Crippen LogP contribution < -0.4 is 26.9 Å². The van der Waals surface area contributed by atoms with Crippen molar-refractivity contribution >= 4 is 28.9 Å². The Labute approximate surface area is 429 Å². The largest absolute Gasteiger partial charge is 1.00 e. The maximum absolute atomic E-state index is 14.1. The van der Waals surface area contributed by atoms with Gasteiger partial charge in [-0.1, -0.05) is 239 Å². The summed E-state index contributed by atoms with van der Waals surface area (Å²) in [5.74, 6) is -1.22. The number of nitrogens with one attached hydrogen (secondary N) is 1. The van der Waals surface area contributed by atoms with Gasteiger partial charge < -0.3 is 31.8 Å². The molecule has 66 heavy (non-hydrogen) atoms. The molecule has 0 atom stereocenters. The molecule has 0 aliphatic carbocycles. The standard InChI is InChI=1S/C58H102N2O4.2BrH/c1-6-9-12-15-18-21-24-27-28-29-32-35-38-41-46-60-47-44-45-53(50-60)56-54(57(61)63-48-42-39-36-33-30-25-22-19-16-13-10-7-2)51(4)59-52(5)55(56)58(62)64-49-43-40-37-34-31-26-23-20-17-14-11-8-3;;/h44-45,47,50,56H,6-43,46,48-49H2,1-5H3;2*1H. The highest BCUT2D eigenvalue weighted by atomic mass is 79.9. The minimum atomic E-state index is -0.547. The number of hydrogen-bond acceptors (Lipinski definition) is 5. The molecule has 0 bridgehead atoms. The molecule has 1 aromatic heterocycles. The first kappa shape index (κ1) is 64.3. The summed E-state index contributed by atoms with van der Waals surface area (Å²) in [6.07, 6.45) is 53.4. The second-order valence-corrected chi connectivity index (χ2v) is 19.7. The number of rotatable bonds is 44. The lowest BCUT2D eigenvalue weighted by Crippen LogP contribution is -3.00. The Morgan fingerprint density at radius 3 is 1.08 bits per heavy atom. The first-order chi connectivity index (χ1) is 31.4. The maximum atomic E-state index is 14.1. The maximum Gasteiger partial charge on any atom is 0.336 e. The van der Waals surface area contributed by atoms with Crippen LogP contribution in [0.2, 0.25) is 0 Å². The third kappa shape index (κ3) is 31.5. The minimum absolute atomic E-state index is 0. The van der Waals surface area contributed by atoms with Crippen molar-refractivity contribution in [3.05, 3.63) is 52.6 Å². The van der Waals surface area contributed by atoms with Gasteiger partial charge in [0.05, 0.1) is 30.3 Å². The van der Waals surface area contributed by atoms with Crippen molar-refractivity contribution in [2.45, 2.75) is 291 Å². The Morgan fingerprint density at radius 1 is 0.470 bits per heavy atom. The second-order valence-electron chi connectivity index (χ2n) is 19.7. The van der Waals surface area contributed by atoms with Crippen LogP contribution >= 0.6 is 17.0 Å². The van der Waals surface area contributed by atoms with Gasteiger partial charge in [0, 0.05) is 29.4 Å². The van der Waals surface area contributed by atoms with E-state index < -0.39 is 5.92 Å². The predicted octanol–water partition coefficient (Wildman–Crippen LogP) is 14.8. The third-order valence-electron chi connectivity index (χ3n) is 13.6. The van der Waals surface area contributed by atoms with Crippen molar-refractivity contribution < 1.29 is 40.6 Å². The number of unbranched alkanes of at least 4 members (excludes halogenated alkanes) is 35. The Bertz CT molecular complexity index is 1320. The van der Waals surface area contributed by atoms with Crippen molar-refractivity contribution in [1.82, 2.24) is 5.32 Å². The van der Waals surface area contributed by atoms with Crippen molar-refractivity contribution in [2.24, 2.45) is 0 Å². The van der Waals surface area contributed by atoms with Crippen molar-refractivity contribution in [2.75, 3.05) is 13.2 Å². The highest BCUT2D eigenvalue weighted by Crippen LogP contribution is 2.39. The van der Waals surface area contributed by atoms with E-state index in [0.717, 1.165) is 55.6 Å². The minimum Gasteiger partial charge on any atom is -1.00 e. The summed E-state index contributed by atoms with van der Waals surface area (Å²) >= 11 is 0. The lowest BCUT2D eigenvalue weighted by atomic mass is 9.81. The summed E-state index contributed by atoms with van der Waals surface area (Å²) in [5.41, 5.74) is 3.49. The van der Waals surface area contributed by atoms with Gasteiger partial charge in [-0.05, 0) is 39.2 Å². The number of dihydropyridines is 1. The van der Waals surface area contributed by atoms with Crippen LogP contribution in [0.3, 0.4) is 0 Å². The fourth-order valence-electron chi connectivity index (χ4n) is 9.58. The average Bonchev–Trinajstić information content (AvgIpc) is 3.29. The SMILES string of the molecule is Br.CCCCCCCCCCCCCCCC[n+]1cccc(C2C(C(=O)OCCCCCCCCCCCCCC)=C(C)NC(C)=C2C(=O)OCCCCCCCCCCCCCC)c1.[Br-]. The zero-order valence-corrected chi connectivity index (χ0v) is 47.0. The van der Waals surface area contributed by atoms with E-state index in [1.807, 2.05) is 13.8 Å². The van der Waals surface area contributed by atoms with Gasteiger partial charge in [0.15, 0.2) is 12.4 Å². The number of pyridine rings is 1. The number of nitrogens with zero attached hydrogens (tertiary/aromatic N) is 1. The Balaban J connectivity index is 0.0000211. The molecule has 0 spiro atoms. The third-order valence-corrected chi connectivity index (χ3v) is 13.6. The highest BCUT2D eigenvalue weighted by molar-refractivity contribution is 8.93. The monoisotopic (exact) mass is 1050 g/mol. The normalized spacial score (nSPS) is 12.8. The Hall–Kier alpha value is -1.67. The Kier molecular flexibility index (Phi) is 44.6. The van der Waals surface area contributed by atoms with E-state index in [-0.39, 0.29) is 45.9 Å². The fraction of sp³-hybridized carbons (Fsp3) is 0.810. The molecule has 384 valence electrons. The summed E-state index contributed by atoms with van der Waals surface area (Å²) < 4.78 is 14.3. The van der Waals surface area contributed by atoms with Gasteiger partial charge in [0.1, 0.15) is 6.54 Å². The molecule has 0 saturated carbocycles. The van der Waals surface area contributed by atoms with E-state index in [4.69, 9.17) is 9.47 Å². The van der Waals surface area contributed by atoms with Gasteiger partial charge in [0.2, 0.25) is 0 Å². The van der Waals surface area contributed by atoms with E-state index >= 15 is 0 Å². The van der Waals surface area contributed by atoms with Crippen LogP contribution in [0.1, 0.15) is 290 Å². The molecule has 0 aromatic carbocycles. The van der Waals surface area contributed by atoms with Crippen LogP contribution in [0.5, 0.6) is 0 Å². The molecule has 8 heteroatoms. The molecule has 0 radical (unpaired) electrons. The molecule has 1 aliphatic heterocycles. The molecule has 6 nitrogen and oxygen atoms in total. The van der Waals surface area contributed by atoms with Crippen LogP contribution in [0.25, 0.3) is 0 Å². The number of esters is 2. The van der Waals surface area contributed by atoms with Crippen molar-refractivity contribution in [3.8, 4) is 0 Å². The lowest BCUT2D eigenvalue weighted by molar-refractivity contribution is -0.697. The van der Waals surface area contributed by atoms with E-state index in [2.05, 4.69) is 55.2 Å². The smallest absolute Gasteiger partial charge is 0.336 e. The molecule has 0 saturated heterocycles. The fourth-order valence-corrected chi connectivity index (χ4v) is 9.58. The summed E-state index contributed by atoms with van der Waals surface area (Å²) in [4.78, 5) is 28.1. The number of halogens is 2. The van der Waals surface area contributed by atoms with Gasteiger partial charge in [0.25, 0.3) is 0 Å². The van der Waals surface area contributed by atoms with Gasteiger partial charge in [-0.3, -0.25) is 0 Å². The van der Waals surface area contributed by atoms with E-state index in [9.17, 15) is 9.59 Å². The average molecular weight is 1050 g/mol. The van der Waals surface area contributed by atoms with Gasteiger partial charge in [-0.15, -0.1) is 17.0 Å². The van der Waals surface area contributed by atoms with Crippen LogP contribution in [-0.4, -0.2) is 25.2 Å². The van der Waals surface area contributed by atoms with E-state index in [0.29, 0.717) is 24.4 Å². The topological polar surface area (TPSA) is 68.5 Å². The molecule has 0 fully saturated rings. The molecule has 2 heterocycles. The first-order valence-corrected chi connectivity index (χ1v) is 28.0. The van der Waals surface area contributed by atoms with E-state index in [1.165, 1.54) is 212 Å². The zero-order chi connectivity index (χ0) is 46.1. The lowest BCUT2D eigenvalue weighted by Gasteiger charge is -2.30. The molecule has 1 aromatic rings. The summed E-state index contributed by atoms with van der Waals surface area (Å²) in [6.45, 7) is 12.4. The van der Waals surface area contributed by atoms with Crippen LogP contribution in [-0.2, 0) is 25.6 Å². The number of aromatic nitrogens is 1. The van der Waals surface area contributed by atoms with E-state index in [1.54, 1.807) is 0 Å². The van der Waals surface area contributed by atoms with Crippen molar-refractivity contribution in [3.63, 3.8) is 0 Å². The zero-order valence-electron chi connectivity index (χ0n) is 43.7. The number of allylic oxidation sites excluding steroid dienone is 2. The number of hydrogen-bond donors (Lipinski definition) is 1. The number of carbonyl (C=O) groups is 2. The van der Waals surface area contributed by atoms with Crippen molar-refractivity contribution in [1.29, 1.82) is 0 Å². The number of carbonyl (C=O) groups excluding carboxylic acids is 2. The van der Waals surface area contributed by atoms with Crippen LogP contribution in [0, 0.1) is 0 Å². The summed E-state index contributed by atoms with van der Waals surface area (Å²) in [7, 11) is 0. The van der Waals surface area contributed by atoms with Gasteiger partial charge >= 0.3 is 11.9 Å². The van der Waals surface area contributed by atoms with Gasteiger partial charge in [-0.2, -0.15) is 0 Å². The molecular formula is C58H104Br2N2O4. The molecule has 1 aliphatic rings. The molecule has 0 unspecified atom stereocenters. The number of aryl methyl sites for hydroxylation is 1. The summed E-state index contributed by atoms with van der Waals surface area (Å²) in [6, 6.07) is 4.13. The first-order valence-electron chi connectivity index (χ1n) is 28.0.